The van der Waals surface area contributed by atoms with Gasteiger partial charge in [0.25, 0.3) is 5.91 Å². The Labute approximate surface area is 200 Å². The monoisotopic (exact) mass is 476 g/mol. The molecule has 0 radical (unpaired) electrons. The average molecular weight is 477 g/mol. The van der Waals surface area contributed by atoms with Crippen LogP contribution in [0.1, 0.15) is 40.0 Å². The summed E-state index contributed by atoms with van der Waals surface area (Å²) in [5, 5.41) is 2.94. The van der Waals surface area contributed by atoms with Gasteiger partial charge in [0.05, 0.1) is 17.2 Å². The Balaban J connectivity index is 1.51. The Morgan fingerprint density at radius 2 is 1.69 bits per heavy atom. The highest BCUT2D eigenvalue weighted by atomic mass is 19.4. The van der Waals surface area contributed by atoms with Crippen molar-refractivity contribution in [1.29, 1.82) is 0 Å². The third-order valence-electron chi connectivity index (χ3n) is 5.72. The lowest BCUT2D eigenvalue weighted by Crippen LogP contribution is -2.26. The van der Waals surface area contributed by atoms with Crippen molar-refractivity contribution in [2.24, 2.45) is 5.73 Å². The molecule has 1 atom stereocenters. The van der Waals surface area contributed by atoms with Gasteiger partial charge in [0.2, 0.25) is 0 Å². The second-order valence-corrected chi connectivity index (χ2v) is 8.09. The first-order valence-corrected chi connectivity index (χ1v) is 10.9. The van der Waals surface area contributed by atoms with Crippen LogP contribution in [0.5, 0.6) is 0 Å². The van der Waals surface area contributed by atoms with Gasteiger partial charge < -0.3 is 11.1 Å². The fourth-order valence-corrected chi connectivity index (χ4v) is 3.77. The summed E-state index contributed by atoms with van der Waals surface area (Å²) in [7, 11) is 0. The Kier molecular flexibility index (Phi) is 6.93. The van der Waals surface area contributed by atoms with E-state index in [1.54, 1.807) is 48.9 Å². The van der Waals surface area contributed by atoms with Crippen LogP contribution in [-0.2, 0) is 12.7 Å². The molecule has 2 aromatic heterocycles. The lowest BCUT2D eigenvalue weighted by Gasteiger charge is -2.16. The molecular weight excluding hydrogens is 453 g/mol. The zero-order chi connectivity index (χ0) is 25.0. The van der Waals surface area contributed by atoms with Crippen LogP contribution in [0.2, 0.25) is 0 Å². The van der Waals surface area contributed by atoms with Gasteiger partial charge in [0.15, 0.2) is 0 Å². The summed E-state index contributed by atoms with van der Waals surface area (Å²) in [5.74, 6) is -0.289. The second kappa shape index (κ2) is 10.1. The van der Waals surface area contributed by atoms with Crippen LogP contribution in [0.25, 0.3) is 22.3 Å². The SMILES string of the molecule is C[C@@H](NC(=O)c1cncc(-c2cccnc2)c1)c1ccc(-c2cc(C(F)(F)F)ccc2CN)cc1. The van der Waals surface area contributed by atoms with Gasteiger partial charge in [-0.25, -0.2) is 0 Å². The molecule has 0 aliphatic rings. The van der Waals surface area contributed by atoms with E-state index in [9.17, 15) is 18.0 Å². The highest BCUT2D eigenvalue weighted by Gasteiger charge is 2.31. The fraction of sp³-hybridized carbons (Fsp3) is 0.148. The van der Waals surface area contributed by atoms with Crippen LogP contribution in [0, 0.1) is 0 Å². The molecule has 0 saturated carbocycles. The number of carbonyl (C=O) groups excluding carboxylic acids is 1. The third-order valence-corrected chi connectivity index (χ3v) is 5.72. The number of hydrogen-bond acceptors (Lipinski definition) is 4. The van der Waals surface area contributed by atoms with Gasteiger partial charge in [-0.3, -0.25) is 14.8 Å². The van der Waals surface area contributed by atoms with Gasteiger partial charge in [-0.1, -0.05) is 36.4 Å². The quantitative estimate of drug-likeness (QED) is 0.370. The molecule has 0 aliphatic heterocycles. The van der Waals surface area contributed by atoms with E-state index in [1.165, 1.54) is 12.3 Å². The summed E-state index contributed by atoms with van der Waals surface area (Å²) in [6.07, 6.45) is 2.09. The van der Waals surface area contributed by atoms with Crippen molar-refractivity contribution in [2.45, 2.75) is 25.7 Å². The number of aromatic nitrogens is 2. The van der Waals surface area contributed by atoms with E-state index in [0.29, 0.717) is 22.3 Å². The molecule has 0 spiro atoms. The van der Waals surface area contributed by atoms with E-state index in [0.717, 1.165) is 28.8 Å². The Morgan fingerprint density at radius 3 is 2.34 bits per heavy atom. The number of hydrogen-bond donors (Lipinski definition) is 2. The zero-order valence-corrected chi connectivity index (χ0v) is 18.9. The normalized spacial score (nSPS) is 12.3. The van der Waals surface area contributed by atoms with Crippen molar-refractivity contribution in [3.05, 3.63) is 108 Å². The van der Waals surface area contributed by atoms with Crippen LogP contribution in [0.4, 0.5) is 13.2 Å². The molecule has 0 bridgehead atoms. The molecule has 1 amide bonds. The van der Waals surface area contributed by atoms with Crippen molar-refractivity contribution in [2.75, 3.05) is 0 Å². The van der Waals surface area contributed by atoms with Gasteiger partial charge in [-0.15, -0.1) is 0 Å². The van der Waals surface area contributed by atoms with Crippen LogP contribution in [0.15, 0.2) is 85.5 Å². The standard InChI is InChI=1S/C27H23F3N4O/c1-17(34-26(35)23-11-22(15-33-16-23)21-3-2-10-32-14-21)18-4-6-19(7-5-18)25-12-24(27(28,29)30)9-8-20(25)13-31/h2-12,14-17H,13,31H2,1H3,(H,34,35)/t17-/m1/s1. The molecule has 2 heterocycles. The summed E-state index contributed by atoms with van der Waals surface area (Å²) in [6, 6.07) is 15.7. The van der Waals surface area contributed by atoms with Crippen molar-refractivity contribution in [1.82, 2.24) is 15.3 Å². The Hall–Kier alpha value is -4.04. The van der Waals surface area contributed by atoms with E-state index in [4.69, 9.17) is 5.73 Å². The molecule has 0 aliphatic carbocycles. The fourth-order valence-electron chi connectivity index (χ4n) is 3.77. The van der Waals surface area contributed by atoms with Crippen LogP contribution in [0.3, 0.4) is 0 Å². The first-order chi connectivity index (χ1) is 16.8. The number of alkyl halides is 3. The van der Waals surface area contributed by atoms with Crippen molar-refractivity contribution in [3.8, 4) is 22.3 Å². The van der Waals surface area contributed by atoms with E-state index < -0.39 is 11.7 Å². The third kappa shape index (κ3) is 5.55. The number of nitrogens with two attached hydrogens (primary N) is 1. The molecule has 0 fully saturated rings. The number of carbonyl (C=O) groups is 1. The molecule has 3 N–H and O–H groups in total. The van der Waals surface area contributed by atoms with Crippen LogP contribution < -0.4 is 11.1 Å². The zero-order valence-electron chi connectivity index (χ0n) is 18.9. The molecule has 5 nitrogen and oxygen atoms in total. The molecule has 0 unspecified atom stereocenters. The number of nitrogens with zero attached hydrogens (tertiary/aromatic N) is 2. The van der Waals surface area contributed by atoms with Gasteiger partial charge in [-0.05, 0) is 53.4 Å². The molecular formula is C27H23F3N4O. The van der Waals surface area contributed by atoms with E-state index in [-0.39, 0.29) is 18.5 Å². The highest BCUT2D eigenvalue weighted by molar-refractivity contribution is 5.95. The number of benzene rings is 2. The van der Waals surface area contributed by atoms with E-state index >= 15 is 0 Å². The first kappa shape index (κ1) is 24.1. The summed E-state index contributed by atoms with van der Waals surface area (Å²) in [6.45, 7) is 1.95. The number of rotatable bonds is 6. The predicted molar refractivity (Wildman–Crippen MR) is 128 cm³/mol. The maximum absolute atomic E-state index is 13.2. The first-order valence-electron chi connectivity index (χ1n) is 10.9. The van der Waals surface area contributed by atoms with Crippen LogP contribution in [-0.4, -0.2) is 15.9 Å². The maximum atomic E-state index is 13.2. The minimum absolute atomic E-state index is 0.119. The average Bonchev–Trinajstić information content (AvgIpc) is 2.88. The smallest absolute Gasteiger partial charge is 0.345 e. The molecule has 0 saturated heterocycles. The molecule has 35 heavy (non-hydrogen) atoms. The number of amides is 1. The van der Waals surface area contributed by atoms with E-state index in [1.807, 2.05) is 19.1 Å². The lowest BCUT2D eigenvalue weighted by molar-refractivity contribution is -0.137. The molecule has 2 aromatic carbocycles. The lowest BCUT2D eigenvalue weighted by atomic mass is 9.95. The largest absolute Gasteiger partial charge is 0.416 e. The summed E-state index contributed by atoms with van der Waals surface area (Å²) >= 11 is 0. The van der Waals surface area contributed by atoms with Gasteiger partial charge >= 0.3 is 6.18 Å². The van der Waals surface area contributed by atoms with E-state index in [2.05, 4.69) is 15.3 Å². The van der Waals surface area contributed by atoms with Crippen LogP contribution >= 0.6 is 0 Å². The Morgan fingerprint density at radius 1 is 0.943 bits per heavy atom. The molecule has 4 aromatic rings. The van der Waals surface area contributed by atoms with Crippen molar-refractivity contribution in [3.63, 3.8) is 0 Å². The maximum Gasteiger partial charge on any atom is 0.416 e. The number of halogens is 3. The number of nitrogens with one attached hydrogen (secondary N) is 1. The van der Waals surface area contributed by atoms with Gasteiger partial charge in [0, 0.05) is 42.5 Å². The molecule has 4 rings (SSSR count). The molecule has 8 heteroatoms. The summed E-state index contributed by atoms with van der Waals surface area (Å²) in [4.78, 5) is 21.1. The van der Waals surface area contributed by atoms with Crippen molar-refractivity contribution >= 4 is 5.91 Å². The topological polar surface area (TPSA) is 80.9 Å². The number of pyridine rings is 2. The van der Waals surface area contributed by atoms with Gasteiger partial charge in [-0.2, -0.15) is 13.2 Å². The molecule has 178 valence electrons. The van der Waals surface area contributed by atoms with Gasteiger partial charge in [0.1, 0.15) is 0 Å². The minimum atomic E-state index is -4.44. The minimum Gasteiger partial charge on any atom is -0.345 e. The second-order valence-electron chi connectivity index (χ2n) is 8.09. The summed E-state index contributed by atoms with van der Waals surface area (Å²) < 4.78 is 39.6. The predicted octanol–water partition coefficient (Wildman–Crippen LogP) is 5.78. The summed E-state index contributed by atoms with van der Waals surface area (Å²) in [5.41, 5.74) is 9.53. The Bertz CT molecular complexity index is 1320. The van der Waals surface area contributed by atoms with Crippen molar-refractivity contribution < 1.29 is 18.0 Å². The highest BCUT2D eigenvalue weighted by Crippen LogP contribution is 2.34.